The van der Waals surface area contributed by atoms with Crippen LogP contribution in [0.5, 0.6) is 0 Å². The van der Waals surface area contributed by atoms with Crippen LogP contribution >= 0.6 is 0 Å². The minimum atomic E-state index is 0.643. The summed E-state index contributed by atoms with van der Waals surface area (Å²) < 4.78 is 0. The molecular formula is C15H20N4. The first-order valence-electron chi connectivity index (χ1n) is 7.03. The van der Waals surface area contributed by atoms with Crippen LogP contribution in [0.3, 0.4) is 0 Å². The van der Waals surface area contributed by atoms with Crippen molar-refractivity contribution in [2.75, 3.05) is 6.54 Å². The van der Waals surface area contributed by atoms with E-state index in [1.807, 2.05) is 6.92 Å². The molecule has 4 heteroatoms. The number of rotatable bonds is 3. The number of aromatic nitrogens is 3. The fourth-order valence-corrected chi connectivity index (χ4v) is 2.61. The standard InChI is InChI=1S/C15H20N4/c1-12-11-17-19(18-12)15-7-5-13(6-8-15)10-14-4-2-3-9-16-14/h5-8,11,14,16H,2-4,9-10H2,1H3. The van der Waals surface area contributed by atoms with Crippen molar-refractivity contribution in [3.8, 4) is 5.69 Å². The highest BCUT2D eigenvalue weighted by molar-refractivity contribution is 5.33. The van der Waals surface area contributed by atoms with Gasteiger partial charge in [-0.3, -0.25) is 0 Å². The molecule has 0 aliphatic carbocycles. The highest BCUT2D eigenvalue weighted by atomic mass is 15.5. The van der Waals surface area contributed by atoms with E-state index >= 15 is 0 Å². The molecule has 1 fully saturated rings. The Labute approximate surface area is 113 Å². The molecule has 1 unspecified atom stereocenters. The molecule has 1 atom stereocenters. The summed E-state index contributed by atoms with van der Waals surface area (Å²) >= 11 is 0. The first kappa shape index (κ1) is 12.4. The van der Waals surface area contributed by atoms with Crippen LogP contribution in [0.1, 0.15) is 30.5 Å². The summed E-state index contributed by atoms with van der Waals surface area (Å²) in [5, 5.41) is 12.1. The van der Waals surface area contributed by atoms with Gasteiger partial charge in [0.1, 0.15) is 0 Å². The predicted octanol–water partition coefficient (Wildman–Crippen LogP) is 2.26. The first-order chi connectivity index (χ1) is 9.31. The van der Waals surface area contributed by atoms with Crippen LogP contribution in [0.4, 0.5) is 0 Å². The van der Waals surface area contributed by atoms with Crippen LogP contribution < -0.4 is 5.32 Å². The van der Waals surface area contributed by atoms with Crippen LogP contribution in [0.15, 0.2) is 30.5 Å². The summed E-state index contributed by atoms with van der Waals surface area (Å²) in [4.78, 5) is 1.68. The van der Waals surface area contributed by atoms with Crippen molar-refractivity contribution in [3.05, 3.63) is 41.7 Å². The lowest BCUT2D eigenvalue weighted by Gasteiger charge is -2.23. The summed E-state index contributed by atoms with van der Waals surface area (Å²) in [6.07, 6.45) is 6.86. The van der Waals surface area contributed by atoms with Crippen molar-refractivity contribution in [2.24, 2.45) is 0 Å². The van der Waals surface area contributed by atoms with E-state index in [0.29, 0.717) is 6.04 Å². The molecule has 0 saturated carbocycles. The van der Waals surface area contributed by atoms with Crippen molar-refractivity contribution in [1.82, 2.24) is 20.3 Å². The highest BCUT2D eigenvalue weighted by Gasteiger charge is 2.12. The lowest BCUT2D eigenvalue weighted by molar-refractivity contribution is 0.399. The van der Waals surface area contributed by atoms with Crippen molar-refractivity contribution >= 4 is 0 Å². The summed E-state index contributed by atoms with van der Waals surface area (Å²) in [7, 11) is 0. The molecular weight excluding hydrogens is 236 g/mol. The Hall–Kier alpha value is -1.68. The number of benzene rings is 1. The van der Waals surface area contributed by atoms with Gasteiger partial charge in [0.05, 0.1) is 17.6 Å². The molecule has 3 rings (SSSR count). The zero-order chi connectivity index (χ0) is 13.1. The number of piperidine rings is 1. The minimum absolute atomic E-state index is 0.643. The fraction of sp³-hybridized carbons (Fsp3) is 0.467. The molecule has 19 heavy (non-hydrogen) atoms. The zero-order valence-corrected chi connectivity index (χ0v) is 11.3. The van der Waals surface area contributed by atoms with Crippen LogP contribution in [-0.2, 0) is 6.42 Å². The van der Waals surface area contributed by atoms with Crippen molar-refractivity contribution in [2.45, 2.75) is 38.6 Å². The van der Waals surface area contributed by atoms with Crippen molar-refractivity contribution < 1.29 is 0 Å². The van der Waals surface area contributed by atoms with E-state index in [1.165, 1.54) is 31.4 Å². The second-order valence-electron chi connectivity index (χ2n) is 5.29. The van der Waals surface area contributed by atoms with Gasteiger partial charge in [0.25, 0.3) is 0 Å². The predicted molar refractivity (Wildman–Crippen MR) is 75.4 cm³/mol. The smallest absolute Gasteiger partial charge is 0.0856 e. The molecule has 0 radical (unpaired) electrons. The fourth-order valence-electron chi connectivity index (χ4n) is 2.61. The summed E-state index contributed by atoms with van der Waals surface area (Å²) in [6, 6.07) is 9.20. The summed E-state index contributed by atoms with van der Waals surface area (Å²) in [5.41, 5.74) is 3.34. The van der Waals surface area contributed by atoms with Gasteiger partial charge in [0.2, 0.25) is 0 Å². The Bertz CT molecular complexity index is 523. The number of nitrogens with zero attached hydrogens (tertiary/aromatic N) is 3. The van der Waals surface area contributed by atoms with Crippen LogP contribution in [0.2, 0.25) is 0 Å². The monoisotopic (exact) mass is 256 g/mol. The summed E-state index contributed by atoms with van der Waals surface area (Å²) in [6.45, 7) is 3.12. The maximum Gasteiger partial charge on any atom is 0.0856 e. The lowest BCUT2D eigenvalue weighted by Crippen LogP contribution is -2.35. The molecule has 0 bridgehead atoms. The van der Waals surface area contributed by atoms with Gasteiger partial charge in [0.15, 0.2) is 0 Å². The maximum absolute atomic E-state index is 4.32. The van der Waals surface area contributed by atoms with Gasteiger partial charge in [-0.05, 0) is 50.4 Å². The van der Waals surface area contributed by atoms with Crippen LogP contribution in [0, 0.1) is 6.92 Å². The average Bonchev–Trinajstić information content (AvgIpc) is 2.87. The molecule has 0 spiro atoms. The van der Waals surface area contributed by atoms with Gasteiger partial charge in [-0.15, -0.1) is 0 Å². The molecule has 1 N–H and O–H groups in total. The van der Waals surface area contributed by atoms with Crippen LogP contribution in [-0.4, -0.2) is 27.6 Å². The molecule has 1 aromatic carbocycles. The van der Waals surface area contributed by atoms with Gasteiger partial charge in [-0.1, -0.05) is 18.6 Å². The van der Waals surface area contributed by atoms with Gasteiger partial charge < -0.3 is 5.32 Å². The van der Waals surface area contributed by atoms with E-state index in [4.69, 9.17) is 0 Å². The third-order valence-corrected chi connectivity index (χ3v) is 3.67. The van der Waals surface area contributed by atoms with E-state index in [9.17, 15) is 0 Å². The molecule has 0 amide bonds. The number of aryl methyl sites for hydroxylation is 1. The quantitative estimate of drug-likeness (QED) is 0.916. The first-order valence-corrected chi connectivity index (χ1v) is 7.03. The number of hydrogen-bond donors (Lipinski definition) is 1. The van der Waals surface area contributed by atoms with Crippen molar-refractivity contribution in [3.63, 3.8) is 0 Å². The molecule has 1 aromatic heterocycles. The second kappa shape index (κ2) is 5.53. The maximum atomic E-state index is 4.32. The topological polar surface area (TPSA) is 42.7 Å². The Morgan fingerprint density at radius 2 is 2.11 bits per heavy atom. The lowest BCUT2D eigenvalue weighted by atomic mass is 9.98. The Kier molecular flexibility index (Phi) is 3.60. The third kappa shape index (κ3) is 3.01. The van der Waals surface area contributed by atoms with Crippen LogP contribution in [0.25, 0.3) is 5.69 Å². The highest BCUT2D eigenvalue weighted by Crippen LogP contribution is 2.14. The molecule has 1 saturated heterocycles. The van der Waals surface area contributed by atoms with E-state index in [-0.39, 0.29) is 0 Å². The van der Waals surface area contributed by atoms with Gasteiger partial charge in [0, 0.05) is 6.04 Å². The molecule has 2 aromatic rings. The van der Waals surface area contributed by atoms with E-state index < -0.39 is 0 Å². The molecule has 4 nitrogen and oxygen atoms in total. The van der Waals surface area contributed by atoms with Gasteiger partial charge >= 0.3 is 0 Å². The number of nitrogens with one attached hydrogen (secondary N) is 1. The van der Waals surface area contributed by atoms with Gasteiger partial charge in [-0.2, -0.15) is 15.0 Å². The normalized spacial score (nSPS) is 19.5. The zero-order valence-electron chi connectivity index (χ0n) is 11.3. The third-order valence-electron chi connectivity index (χ3n) is 3.67. The van der Waals surface area contributed by atoms with Crippen molar-refractivity contribution in [1.29, 1.82) is 0 Å². The largest absolute Gasteiger partial charge is 0.314 e. The summed E-state index contributed by atoms with van der Waals surface area (Å²) in [5.74, 6) is 0. The number of hydrogen-bond acceptors (Lipinski definition) is 3. The Morgan fingerprint density at radius 1 is 1.26 bits per heavy atom. The van der Waals surface area contributed by atoms with E-state index in [0.717, 1.165) is 17.8 Å². The SMILES string of the molecule is Cc1cnn(-c2ccc(CC3CCCCN3)cc2)n1. The molecule has 2 heterocycles. The second-order valence-corrected chi connectivity index (χ2v) is 5.29. The van der Waals surface area contributed by atoms with E-state index in [1.54, 1.807) is 11.0 Å². The average molecular weight is 256 g/mol. The minimum Gasteiger partial charge on any atom is -0.314 e. The Balaban J connectivity index is 1.68. The van der Waals surface area contributed by atoms with Gasteiger partial charge in [-0.25, -0.2) is 0 Å². The molecule has 1 aliphatic heterocycles. The molecule has 1 aliphatic rings. The van der Waals surface area contributed by atoms with E-state index in [2.05, 4.69) is 39.8 Å². The Morgan fingerprint density at radius 3 is 2.74 bits per heavy atom. The molecule has 100 valence electrons.